The zero-order valence-electron chi connectivity index (χ0n) is 9.85. The van der Waals surface area contributed by atoms with Gasteiger partial charge in [-0.2, -0.15) is 5.10 Å². The lowest BCUT2D eigenvalue weighted by atomic mass is 10.2. The highest BCUT2D eigenvalue weighted by Crippen LogP contribution is 2.24. The highest BCUT2D eigenvalue weighted by molar-refractivity contribution is 9.10. The maximum Gasteiger partial charge on any atom is 0.104 e. The van der Waals surface area contributed by atoms with Crippen LogP contribution in [-0.2, 0) is 13.6 Å². The molecule has 1 heterocycles. The Hall–Kier alpha value is -1.40. The highest BCUT2D eigenvalue weighted by atomic mass is 79.9. The first-order valence-electron chi connectivity index (χ1n) is 5.37. The van der Waals surface area contributed by atoms with Crippen molar-refractivity contribution >= 4 is 38.8 Å². The molecule has 0 aliphatic rings. The summed E-state index contributed by atoms with van der Waals surface area (Å²) in [5, 5.41) is 7.44. The van der Waals surface area contributed by atoms with E-state index < -0.39 is 0 Å². The molecule has 94 valence electrons. The maximum absolute atomic E-state index is 5.58. The molecular weight excluding hydrogens is 312 g/mol. The average molecular weight is 325 g/mol. The van der Waals surface area contributed by atoms with Crippen LogP contribution in [0, 0.1) is 0 Å². The largest absolute Gasteiger partial charge is 0.389 e. The van der Waals surface area contributed by atoms with Gasteiger partial charge in [-0.3, -0.25) is 4.68 Å². The Morgan fingerprint density at radius 1 is 1.56 bits per heavy atom. The lowest BCUT2D eigenvalue weighted by Crippen LogP contribution is -2.09. The number of nitrogens with two attached hydrogens (primary N) is 1. The lowest BCUT2D eigenvalue weighted by molar-refractivity contribution is 0.767. The Morgan fingerprint density at radius 3 is 2.89 bits per heavy atom. The van der Waals surface area contributed by atoms with Crippen molar-refractivity contribution in [3.63, 3.8) is 0 Å². The predicted octanol–water partition coefficient (Wildman–Crippen LogP) is 2.43. The third-order valence-corrected chi connectivity index (χ3v) is 3.39. The van der Waals surface area contributed by atoms with E-state index in [0.29, 0.717) is 4.99 Å². The first kappa shape index (κ1) is 13.0. The number of nitrogens with one attached hydrogen (secondary N) is 1. The fraction of sp³-hybridized carbons (Fsp3) is 0.167. The Kier molecular flexibility index (Phi) is 3.98. The number of nitrogens with zero attached hydrogens (tertiary/aromatic N) is 2. The molecule has 0 aliphatic carbocycles. The van der Waals surface area contributed by atoms with Crippen LogP contribution in [0.5, 0.6) is 0 Å². The zero-order valence-corrected chi connectivity index (χ0v) is 12.3. The fourth-order valence-corrected chi connectivity index (χ4v) is 2.22. The second-order valence-corrected chi connectivity index (χ2v) is 5.23. The molecule has 0 bridgehead atoms. The molecule has 1 aromatic carbocycles. The van der Waals surface area contributed by atoms with Gasteiger partial charge in [-0.05, 0) is 34.1 Å². The standard InChI is InChI=1S/C12H13BrN4S/c1-17-7-8(6-16-17)5-15-11-3-2-9(12(14)18)4-10(11)13/h2-4,6-7,15H,5H2,1H3,(H2,14,18). The Balaban J connectivity index is 2.08. The summed E-state index contributed by atoms with van der Waals surface area (Å²) >= 11 is 8.43. The summed E-state index contributed by atoms with van der Waals surface area (Å²) in [5.74, 6) is 0. The fourth-order valence-electron chi connectivity index (χ4n) is 1.57. The molecule has 0 aliphatic heterocycles. The molecule has 2 rings (SSSR count). The van der Waals surface area contributed by atoms with Crippen molar-refractivity contribution in [1.29, 1.82) is 0 Å². The predicted molar refractivity (Wildman–Crippen MR) is 80.6 cm³/mol. The Morgan fingerprint density at radius 2 is 2.33 bits per heavy atom. The molecule has 0 saturated heterocycles. The monoisotopic (exact) mass is 324 g/mol. The van der Waals surface area contributed by atoms with Crippen LogP contribution >= 0.6 is 28.1 Å². The minimum absolute atomic E-state index is 0.398. The van der Waals surface area contributed by atoms with Gasteiger partial charge in [0.15, 0.2) is 0 Å². The lowest BCUT2D eigenvalue weighted by Gasteiger charge is -2.08. The van der Waals surface area contributed by atoms with Gasteiger partial charge < -0.3 is 11.1 Å². The SMILES string of the molecule is Cn1cc(CNc2ccc(C(N)=S)cc2Br)cn1. The summed E-state index contributed by atoms with van der Waals surface area (Å²) in [4.78, 5) is 0.398. The summed E-state index contributed by atoms with van der Waals surface area (Å²) < 4.78 is 2.72. The van der Waals surface area contributed by atoms with Crippen molar-refractivity contribution in [3.8, 4) is 0 Å². The van der Waals surface area contributed by atoms with Crippen molar-refractivity contribution < 1.29 is 0 Å². The number of aryl methyl sites for hydroxylation is 1. The average Bonchev–Trinajstić information content (AvgIpc) is 2.73. The summed E-state index contributed by atoms with van der Waals surface area (Å²) in [5.41, 5.74) is 8.56. The van der Waals surface area contributed by atoms with E-state index in [0.717, 1.165) is 27.8 Å². The van der Waals surface area contributed by atoms with Crippen molar-refractivity contribution in [2.45, 2.75) is 6.54 Å². The van der Waals surface area contributed by atoms with Gasteiger partial charge in [0.2, 0.25) is 0 Å². The van der Waals surface area contributed by atoms with Crippen LogP contribution in [0.4, 0.5) is 5.69 Å². The van der Waals surface area contributed by atoms with Crippen molar-refractivity contribution in [2.75, 3.05) is 5.32 Å². The van der Waals surface area contributed by atoms with Crippen LogP contribution in [0.3, 0.4) is 0 Å². The van der Waals surface area contributed by atoms with Crippen LogP contribution in [0.25, 0.3) is 0 Å². The molecule has 4 nitrogen and oxygen atoms in total. The molecule has 2 aromatic rings. The molecule has 0 fully saturated rings. The zero-order chi connectivity index (χ0) is 13.1. The molecule has 1 aromatic heterocycles. The summed E-state index contributed by atoms with van der Waals surface area (Å²) in [6.07, 6.45) is 3.81. The molecule has 0 radical (unpaired) electrons. The minimum Gasteiger partial charge on any atom is -0.389 e. The molecule has 0 unspecified atom stereocenters. The van der Waals surface area contributed by atoms with E-state index >= 15 is 0 Å². The number of thiocarbonyl (C=S) groups is 1. The van der Waals surface area contributed by atoms with Gasteiger partial charge in [0.05, 0.1) is 6.20 Å². The van der Waals surface area contributed by atoms with Crippen LogP contribution in [-0.4, -0.2) is 14.8 Å². The van der Waals surface area contributed by atoms with Crippen LogP contribution < -0.4 is 11.1 Å². The summed E-state index contributed by atoms with van der Waals surface area (Å²) in [6, 6.07) is 5.77. The van der Waals surface area contributed by atoms with Crippen molar-refractivity contribution in [2.24, 2.45) is 12.8 Å². The van der Waals surface area contributed by atoms with E-state index in [9.17, 15) is 0 Å². The van der Waals surface area contributed by atoms with Crippen LogP contribution in [0.2, 0.25) is 0 Å². The van der Waals surface area contributed by atoms with Gasteiger partial charge in [-0.1, -0.05) is 12.2 Å². The maximum atomic E-state index is 5.58. The smallest absolute Gasteiger partial charge is 0.104 e. The Labute approximate surface area is 119 Å². The van der Waals surface area contributed by atoms with Gasteiger partial charge >= 0.3 is 0 Å². The quantitative estimate of drug-likeness (QED) is 0.848. The topological polar surface area (TPSA) is 55.9 Å². The van der Waals surface area contributed by atoms with E-state index in [-0.39, 0.29) is 0 Å². The van der Waals surface area contributed by atoms with Gasteiger partial charge in [0.25, 0.3) is 0 Å². The van der Waals surface area contributed by atoms with E-state index in [4.69, 9.17) is 18.0 Å². The number of hydrogen-bond donors (Lipinski definition) is 2. The number of anilines is 1. The van der Waals surface area contributed by atoms with Crippen molar-refractivity contribution in [1.82, 2.24) is 9.78 Å². The molecule has 18 heavy (non-hydrogen) atoms. The summed E-state index contributed by atoms with van der Waals surface area (Å²) in [7, 11) is 1.90. The number of halogens is 1. The van der Waals surface area contributed by atoms with Crippen molar-refractivity contribution in [3.05, 3.63) is 46.2 Å². The summed E-state index contributed by atoms with van der Waals surface area (Å²) in [6.45, 7) is 0.721. The van der Waals surface area contributed by atoms with E-state index in [1.807, 2.05) is 37.6 Å². The molecule has 0 saturated carbocycles. The number of aromatic nitrogens is 2. The van der Waals surface area contributed by atoms with Gasteiger partial charge in [-0.15, -0.1) is 0 Å². The minimum atomic E-state index is 0.398. The molecule has 0 atom stereocenters. The first-order chi connectivity index (χ1) is 8.56. The first-order valence-corrected chi connectivity index (χ1v) is 6.57. The molecule has 3 N–H and O–H groups in total. The normalized spacial score (nSPS) is 10.3. The number of rotatable bonds is 4. The van der Waals surface area contributed by atoms with Crippen LogP contribution in [0.15, 0.2) is 35.1 Å². The third kappa shape index (κ3) is 3.08. The second-order valence-electron chi connectivity index (χ2n) is 3.93. The van der Waals surface area contributed by atoms with E-state index in [1.54, 1.807) is 4.68 Å². The third-order valence-electron chi connectivity index (χ3n) is 2.49. The van der Waals surface area contributed by atoms with Gasteiger partial charge in [0, 0.05) is 41.1 Å². The van der Waals surface area contributed by atoms with E-state index in [1.165, 1.54) is 0 Å². The molecular formula is C12H13BrN4S. The molecule has 0 amide bonds. The van der Waals surface area contributed by atoms with Gasteiger partial charge in [-0.25, -0.2) is 0 Å². The van der Waals surface area contributed by atoms with Crippen LogP contribution in [0.1, 0.15) is 11.1 Å². The number of benzene rings is 1. The Bertz CT molecular complexity index is 579. The molecule has 0 spiro atoms. The second kappa shape index (κ2) is 5.49. The van der Waals surface area contributed by atoms with E-state index in [2.05, 4.69) is 26.3 Å². The number of hydrogen-bond acceptors (Lipinski definition) is 3. The molecule has 6 heteroatoms. The van der Waals surface area contributed by atoms with Gasteiger partial charge in [0.1, 0.15) is 4.99 Å². The highest BCUT2D eigenvalue weighted by Gasteiger charge is 2.03.